The number of carbonyl (C=O) groups excluding carboxylic acids is 2. The monoisotopic (exact) mass is 248 g/mol. The number of hydrogen-bond acceptors (Lipinski definition) is 3. The van der Waals surface area contributed by atoms with Gasteiger partial charge in [0, 0.05) is 11.3 Å². The van der Waals surface area contributed by atoms with Gasteiger partial charge in [0.15, 0.2) is 0 Å². The van der Waals surface area contributed by atoms with Crippen molar-refractivity contribution >= 4 is 12.3 Å². The summed E-state index contributed by atoms with van der Waals surface area (Å²) in [5.41, 5.74) is -1.55. The Bertz CT molecular complexity index is 301. The molecule has 3 nitrogen and oxygen atoms in total. The number of aldehydes is 1. The molecule has 17 heavy (non-hydrogen) atoms. The van der Waals surface area contributed by atoms with Crippen LogP contribution >= 0.6 is 0 Å². The zero-order chi connectivity index (χ0) is 13.3. The van der Waals surface area contributed by atoms with E-state index in [1.165, 1.54) is 0 Å². The number of carbonyl (C=O) groups is 2. The fourth-order valence-electron chi connectivity index (χ4n) is 2.11. The maximum absolute atomic E-state index is 12.3. The Labute approximate surface area is 99.5 Å². The lowest BCUT2D eigenvalue weighted by molar-refractivity contribution is -0.164. The molecule has 0 spiro atoms. The molecule has 0 atom stereocenters. The Morgan fingerprint density at radius 3 is 2.35 bits per heavy atom. The minimum absolute atomic E-state index is 0.0768. The Morgan fingerprint density at radius 1 is 1.47 bits per heavy atom. The van der Waals surface area contributed by atoms with Gasteiger partial charge in [-0.15, -0.1) is 0 Å². The molecule has 0 aliphatic heterocycles. The highest BCUT2D eigenvalue weighted by atomic mass is 19.3. The molecule has 0 aromatic carbocycles. The van der Waals surface area contributed by atoms with Crippen molar-refractivity contribution in [3.63, 3.8) is 0 Å². The number of rotatable bonds is 4. The van der Waals surface area contributed by atoms with Crippen molar-refractivity contribution in [3.05, 3.63) is 0 Å². The van der Waals surface area contributed by atoms with E-state index in [2.05, 4.69) is 0 Å². The largest absolute Gasteiger partial charge is 0.460 e. The summed E-state index contributed by atoms with van der Waals surface area (Å²) >= 11 is 0. The summed E-state index contributed by atoms with van der Waals surface area (Å²) in [6, 6.07) is 0. The summed E-state index contributed by atoms with van der Waals surface area (Å²) in [5, 5.41) is 0. The zero-order valence-corrected chi connectivity index (χ0v) is 10.3. The Morgan fingerprint density at radius 2 is 2.00 bits per heavy atom. The Hall–Kier alpha value is -1.00. The molecule has 1 rings (SSSR count). The molecule has 0 radical (unpaired) electrons. The van der Waals surface area contributed by atoms with Crippen LogP contribution in [0.15, 0.2) is 0 Å². The number of esters is 1. The van der Waals surface area contributed by atoms with Crippen LogP contribution in [0.2, 0.25) is 0 Å². The minimum Gasteiger partial charge on any atom is -0.460 e. The molecule has 1 saturated carbocycles. The van der Waals surface area contributed by atoms with Crippen molar-refractivity contribution in [3.8, 4) is 0 Å². The first-order valence-electron chi connectivity index (χ1n) is 5.64. The van der Waals surface area contributed by atoms with Crippen molar-refractivity contribution in [2.45, 2.75) is 52.1 Å². The second-order valence-electron chi connectivity index (χ2n) is 5.75. The van der Waals surface area contributed by atoms with Crippen LogP contribution in [0, 0.1) is 11.3 Å². The molecular weight excluding hydrogens is 230 g/mol. The third-order valence-electron chi connectivity index (χ3n) is 2.86. The second-order valence-corrected chi connectivity index (χ2v) is 5.75. The molecule has 5 heteroatoms. The molecule has 98 valence electrons. The average Bonchev–Trinajstić information content (AvgIpc) is 2.06. The number of alkyl halides is 2. The lowest BCUT2D eigenvalue weighted by atomic mass is 9.61. The summed E-state index contributed by atoms with van der Waals surface area (Å²) in [5.74, 6) is -1.26. The summed E-state index contributed by atoms with van der Waals surface area (Å²) in [6.07, 6.45) is -1.74. The Balaban J connectivity index is 2.50. The van der Waals surface area contributed by atoms with Crippen LogP contribution in [-0.4, -0.2) is 24.3 Å². The molecule has 0 amide bonds. The summed E-state index contributed by atoms with van der Waals surface area (Å²) < 4.78 is 29.8. The van der Waals surface area contributed by atoms with Crippen molar-refractivity contribution in [1.29, 1.82) is 0 Å². The van der Waals surface area contributed by atoms with Crippen molar-refractivity contribution < 1.29 is 23.1 Å². The lowest BCUT2D eigenvalue weighted by Gasteiger charge is -2.43. The molecule has 0 aromatic rings. The van der Waals surface area contributed by atoms with E-state index in [1.807, 2.05) is 0 Å². The molecule has 0 bridgehead atoms. The van der Waals surface area contributed by atoms with Crippen molar-refractivity contribution in [2.24, 2.45) is 11.3 Å². The first kappa shape index (κ1) is 14.1. The second kappa shape index (κ2) is 4.70. The van der Waals surface area contributed by atoms with Crippen LogP contribution in [0.3, 0.4) is 0 Å². The number of hydrogen-bond donors (Lipinski definition) is 0. The van der Waals surface area contributed by atoms with E-state index in [1.54, 1.807) is 20.8 Å². The maximum Gasteiger partial charge on any atom is 0.307 e. The van der Waals surface area contributed by atoms with Gasteiger partial charge in [-0.3, -0.25) is 4.79 Å². The van der Waals surface area contributed by atoms with E-state index in [9.17, 15) is 18.4 Å². The zero-order valence-electron chi connectivity index (χ0n) is 10.3. The van der Waals surface area contributed by atoms with Crippen LogP contribution in [-0.2, 0) is 14.3 Å². The van der Waals surface area contributed by atoms with E-state index < -0.39 is 29.3 Å². The van der Waals surface area contributed by atoms with E-state index in [-0.39, 0.29) is 19.3 Å². The molecule has 0 unspecified atom stereocenters. The molecule has 1 aliphatic carbocycles. The highest BCUT2D eigenvalue weighted by Gasteiger charge is 2.49. The summed E-state index contributed by atoms with van der Waals surface area (Å²) in [6.45, 7) is 5.17. The molecule has 0 aromatic heterocycles. The number of ether oxygens (including phenoxy) is 1. The predicted octanol–water partition coefficient (Wildman–Crippen LogP) is 2.58. The molecule has 0 heterocycles. The quantitative estimate of drug-likeness (QED) is 0.567. The minimum atomic E-state index is -2.42. The van der Waals surface area contributed by atoms with Gasteiger partial charge in [-0.2, -0.15) is 0 Å². The van der Waals surface area contributed by atoms with Gasteiger partial charge in [0.1, 0.15) is 11.9 Å². The van der Waals surface area contributed by atoms with Gasteiger partial charge in [0.05, 0.1) is 6.42 Å². The molecule has 1 fully saturated rings. The first-order valence-corrected chi connectivity index (χ1v) is 5.64. The predicted molar refractivity (Wildman–Crippen MR) is 57.7 cm³/mol. The van der Waals surface area contributed by atoms with E-state index in [0.29, 0.717) is 6.29 Å². The fourth-order valence-corrected chi connectivity index (χ4v) is 2.11. The molecule has 0 saturated heterocycles. The van der Waals surface area contributed by atoms with E-state index in [4.69, 9.17) is 4.74 Å². The smallest absolute Gasteiger partial charge is 0.307 e. The average molecular weight is 248 g/mol. The fraction of sp³-hybridized carbons (Fsp3) is 0.833. The van der Waals surface area contributed by atoms with Gasteiger partial charge in [-0.1, -0.05) is 0 Å². The molecule has 0 N–H and O–H groups in total. The lowest BCUT2D eigenvalue weighted by Crippen LogP contribution is -2.44. The highest BCUT2D eigenvalue weighted by Crippen LogP contribution is 2.49. The first-order chi connectivity index (χ1) is 7.67. The molecular formula is C12H18F2O3. The summed E-state index contributed by atoms with van der Waals surface area (Å²) in [7, 11) is 0. The SMILES string of the molecule is CC(C)(C)OC(=O)CC1(C=O)CC(C(F)F)C1. The molecule has 1 aliphatic rings. The van der Waals surface area contributed by atoms with Crippen molar-refractivity contribution in [2.75, 3.05) is 0 Å². The maximum atomic E-state index is 12.3. The van der Waals surface area contributed by atoms with E-state index in [0.717, 1.165) is 0 Å². The standard InChI is InChI=1S/C12H18F2O3/c1-11(2,3)17-9(16)6-12(7-15)4-8(5-12)10(13)14/h7-8,10H,4-6H2,1-3H3. The number of halogens is 2. The third-order valence-corrected chi connectivity index (χ3v) is 2.86. The highest BCUT2D eigenvalue weighted by molar-refractivity contribution is 5.77. The van der Waals surface area contributed by atoms with Crippen molar-refractivity contribution in [1.82, 2.24) is 0 Å². The van der Waals surface area contributed by atoms with Crippen LogP contribution in [0.4, 0.5) is 8.78 Å². The van der Waals surface area contributed by atoms with Crippen LogP contribution < -0.4 is 0 Å². The van der Waals surface area contributed by atoms with Gasteiger partial charge in [-0.05, 0) is 33.6 Å². The van der Waals surface area contributed by atoms with Crippen LogP contribution in [0.5, 0.6) is 0 Å². The van der Waals surface area contributed by atoms with Gasteiger partial charge in [-0.25, -0.2) is 8.78 Å². The summed E-state index contributed by atoms with van der Waals surface area (Å²) in [4.78, 5) is 22.5. The topological polar surface area (TPSA) is 43.4 Å². The third kappa shape index (κ3) is 3.75. The van der Waals surface area contributed by atoms with Crippen LogP contribution in [0.25, 0.3) is 0 Å². The van der Waals surface area contributed by atoms with Crippen LogP contribution in [0.1, 0.15) is 40.0 Å². The van der Waals surface area contributed by atoms with Gasteiger partial charge < -0.3 is 9.53 Å². The Kier molecular flexibility index (Phi) is 3.89. The normalized spacial score (nSPS) is 28.7. The van der Waals surface area contributed by atoms with Gasteiger partial charge in [0.2, 0.25) is 6.43 Å². The van der Waals surface area contributed by atoms with Gasteiger partial charge >= 0.3 is 5.97 Å². The van der Waals surface area contributed by atoms with Gasteiger partial charge in [0.25, 0.3) is 0 Å². The van der Waals surface area contributed by atoms with E-state index >= 15 is 0 Å².